The maximum Gasteiger partial charge on any atom is 0.0195 e. The number of benzene rings is 1. The van der Waals surface area contributed by atoms with Gasteiger partial charge in [-0.1, -0.05) is 43.7 Å². The van der Waals surface area contributed by atoms with Crippen molar-refractivity contribution in [3.05, 3.63) is 35.9 Å². The van der Waals surface area contributed by atoms with Crippen molar-refractivity contribution in [2.45, 2.75) is 58.0 Å². The molecule has 20 heavy (non-hydrogen) atoms. The summed E-state index contributed by atoms with van der Waals surface area (Å²) in [5.74, 6) is 0. The van der Waals surface area contributed by atoms with E-state index in [1.165, 1.54) is 50.8 Å². The predicted octanol–water partition coefficient (Wildman–Crippen LogP) is 3.47. The summed E-state index contributed by atoms with van der Waals surface area (Å²) in [6, 6.07) is 12.3. The molecule has 1 fully saturated rings. The van der Waals surface area contributed by atoms with Crippen LogP contribution in [0.4, 0.5) is 0 Å². The molecule has 2 unspecified atom stereocenters. The maximum atomic E-state index is 3.67. The van der Waals surface area contributed by atoms with Gasteiger partial charge in [-0.25, -0.2) is 0 Å². The summed E-state index contributed by atoms with van der Waals surface area (Å²) in [4.78, 5) is 2.68. The van der Waals surface area contributed by atoms with E-state index in [1.54, 1.807) is 0 Å². The Morgan fingerprint density at radius 2 is 2.00 bits per heavy atom. The summed E-state index contributed by atoms with van der Waals surface area (Å²) in [5, 5.41) is 3.67. The Kier molecular flexibility index (Phi) is 6.55. The lowest BCUT2D eigenvalue weighted by atomic mass is 10.0. The Morgan fingerprint density at radius 1 is 1.20 bits per heavy atom. The topological polar surface area (TPSA) is 15.3 Å². The third-order valence-electron chi connectivity index (χ3n) is 4.42. The summed E-state index contributed by atoms with van der Waals surface area (Å²) in [6.07, 6.45) is 6.44. The maximum absolute atomic E-state index is 3.67. The lowest BCUT2D eigenvalue weighted by Crippen LogP contribution is -2.55. The van der Waals surface area contributed by atoms with Gasteiger partial charge in [0.1, 0.15) is 0 Å². The van der Waals surface area contributed by atoms with Gasteiger partial charge in [0, 0.05) is 25.2 Å². The first-order chi connectivity index (χ1) is 9.79. The van der Waals surface area contributed by atoms with E-state index in [9.17, 15) is 0 Å². The van der Waals surface area contributed by atoms with E-state index in [0.29, 0.717) is 12.1 Å². The van der Waals surface area contributed by atoms with Crippen molar-refractivity contribution in [2.75, 3.05) is 19.6 Å². The highest BCUT2D eigenvalue weighted by Crippen LogP contribution is 2.12. The molecular weight excluding hydrogens is 244 g/mol. The average Bonchev–Trinajstić information content (AvgIpc) is 2.48. The van der Waals surface area contributed by atoms with Crippen molar-refractivity contribution >= 4 is 0 Å². The van der Waals surface area contributed by atoms with E-state index >= 15 is 0 Å². The average molecular weight is 274 g/mol. The van der Waals surface area contributed by atoms with Crippen LogP contribution in [0, 0.1) is 0 Å². The van der Waals surface area contributed by atoms with E-state index < -0.39 is 0 Å². The molecule has 2 heteroatoms. The Labute approximate surface area is 124 Å². The normalized spacial score (nSPS) is 23.9. The summed E-state index contributed by atoms with van der Waals surface area (Å²) in [7, 11) is 0. The highest BCUT2D eigenvalue weighted by molar-refractivity contribution is 5.14. The molecule has 1 aromatic carbocycles. The van der Waals surface area contributed by atoms with E-state index in [0.717, 1.165) is 6.54 Å². The highest BCUT2D eigenvalue weighted by atomic mass is 15.2. The van der Waals surface area contributed by atoms with Crippen molar-refractivity contribution in [3.63, 3.8) is 0 Å². The van der Waals surface area contributed by atoms with Crippen LogP contribution in [0.5, 0.6) is 0 Å². The molecule has 112 valence electrons. The Morgan fingerprint density at radius 3 is 2.75 bits per heavy atom. The molecule has 1 heterocycles. The van der Waals surface area contributed by atoms with Gasteiger partial charge in [0.2, 0.25) is 0 Å². The molecule has 0 aliphatic carbocycles. The summed E-state index contributed by atoms with van der Waals surface area (Å²) < 4.78 is 0. The van der Waals surface area contributed by atoms with Crippen LogP contribution in [0.1, 0.15) is 45.1 Å². The third kappa shape index (κ3) is 4.92. The molecule has 2 rings (SSSR count). The monoisotopic (exact) mass is 274 g/mol. The smallest absolute Gasteiger partial charge is 0.0195 e. The standard InChI is InChI=1S/C18H30N2/c1-3-9-18-15-20(16(2)14-19-18)13-8-7-12-17-10-5-4-6-11-17/h4-6,10-11,16,18-19H,3,7-9,12-15H2,1-2H3. The number of rotatable bonds is 7. The Bertz CT molecular complexity index is 363. The lowest BCUT2D eigenvalue weighted by Gasteiger charge is -2.39. The van der Waals surface area contributed by atoms with Gasteiger partial charge in [-0.15, -0.1) is 0 Å². The minimum atomic E-state index is 0.694. The van der Waals surface area contributed by atoms with Gasteiger partial charge in [-0.05, 0) is 44.7 Å². The molecule has 1 N–H and O–H groups in total. The largest absolute Gasteiger partial charge is 0.311 e. The minimum Gasteiger partial charge on any atom is -0.311 e. The van der Waals surface area contributed by atoms with E-state index in [2.05, 4.69) is 54.4 Å². The number of hydrogen-bond donors (Lipinski definition) is 1. The predicted molar refractivity (Wildman–Crippen MR) is 87.1 cm³/mol. The molecule has 1 saturated heterocycles. The van der Waals surface area contributed by atoms with Crippen LogP contribution in [-0.2, 0) is 6.42 Å². The summed E-state index contributed by atoms with van der Waals surface area (Å²) in [5.41, 5.74) is 1.48. The van der Waals surface area contributed by atoms with Crippen molar-refractivity contribution in [3.8, 4) is 0 Å². The molecule has 0 saturated carbocycles. The van der Waals surface area contributed by atoms with Gasteiger partial charge >= 0.3 is 0 Å². The van der Waals surface area contributed by atoms with Gasteiger partial charge in [-0.3, -0.25) is 4.90 Å². The molecule has 0 radical (unpaired) electrons. The van der Waals surface area contributed by atoms with Crippen LogP contribution >= 0.6 is 0 Å². The SMILES string of the molecule is CCCC1CN(CCCCc2ccccc2)C(C)CN1. The summed E-state index contributed by atoms with van der Waals surface area (Å²) >= 11 is 0. The van der Waals surface area contributed by atoms with E-state index in [-0.39, 0.29) is 0 Å². The first-order valence-electron chi connectivity index (χ1n) is 8.31. The number of nitrogens with one attached hydrogen (secondary N) is 1. The van der Waals surface area contributed by atoms with Gasteiger partial charge in [0.15, 0.2) is 0 Å². The minimum absolute atomic E-state index is 0.694. The van der Waals surface area contributed by atoms with Crippen LogP contribution in [0.15, 0.2) is 30.3 Å². The quantitative estimate of drug-likeness (QED) is 0.766. The second kappa shape index (κ2) is 8.43. The molecular formula is C18H30N2. The fourth-order valence-corrected chi connectivity index (χ4v) is 3.14. The van der Waals surface area contributed by atoms with Crippen LogP contribution in [-0.4, -0.2) is 36.6 Å². The number of aryl methyl sites for hydroxylation is 1. The molecule has 0 amide bonds. The third-order valence-corrected chi connectivity index (χ3v) is 4.42. The molecule has 1 aromatic rings. The van der Waals surface area contributed by atoms with Gasteiger partial charge < -0.3 is 5.32 Å². The van der Waals surface area contributed by atoms with Crippen LogP contribution in [0.3, 0.4) is 0 Å². The number of hydrogen-bond acceptors (Lipinski definition) is 2. The number of nitrogens with zero attached hydrogens (tertiary/aromatic N) is 1. The molecule has 1 aliphatic rings. The van der Waals surface area contributed by atoms with Crippen molar-refractivity contribution < 1.29 is 0 Å². The lowest BCUT2D eigenvalue weighted by molar-refractivity contribution is 0.135. The first-order valence-corrected chi connectivity index (χ1v) is 8.31. The highest BCUT2D eigenvalue weighted by Gasteiger charge is 2.23. The van der Waals surface area contributed by atoms with Crippen LogP contribution < -0.4 is 5.32 Å². The molecule has 2 nitrogen and oxygen atoms in total. The van der Waals surface area contributed by atoms with Crippen molar-refractivity contribution in [1.82, 2.24) is 10.2 Å². The second-order valence-electron chi connectivity index (χ2n) is 6.18. The number of piperazine rings is 1. The van der Waals surface area contributed by atoms with Gasteiger partial charge in [0.25, 0.3) is 0 Å². The fraction of sp³-hybridized carbons (Fsp3) is 0.667. The Balaban J connectivity index is 1.67. The zero-order chi connectivity index (χ0) is 14.2. The Hall–Kier alpha value is -0.860. The summed E-state index contributed by atoms with van der Waals surface area (Å²) in [6.45, 7) is 8.29. The molecule has 0 aromatic heterocycles. The number of unbranched alkanes of at least 4 members (excludes halogenated alkanes) is 1. The first kappa shape index (κ1) is 15.5. The van der Waals surface area contributed by atoms with E-state index in [1.807, 2.05) is 0 Å². The van der Waals surface area contributed by atoms with Crippen LogP contribution in [0.25, 0.3) is 0 Å². The van der Waals surface area contributed by atoms with Crippen LogP contribution in [0.2, 0.25) is 0 Å². The van der Waals surface area contributed by atoms with Crippen molar-refractivity contribution in [2.24, 2.45) is 0 Å². The van der Waals surface area contributed by atoms with Gasteiger partial charge in [-0.2, -0.15) is 0 Å². The van der Waals surface area contributed by atoms with Crippen molar-refractivity contribution in [1.29, 1.82) is 0 Å². The molecule has 0 bridgehead atoms. The zero-order valence-electron chi connectivity index (χ0n) is 13.1. The molecule has 1 aliphatic heterocycles. The second-order valence-corrected chi connectivity index (χ2v) is 6.18. The fourth-order valence-electron chi connectivity index (χ4n) is 3.14. The molecule has 2 atom stereocenters. The molecule has 0 spiro atoms. The van der Waals surface area contributed by atoms with E-state index in [4.69, 9.17) is 0 Å². The zero-order valence-corrected chi connectivity index (χ0v) is 13.1. The van der Waals surface area contributed by atoms with Gasteiger partial charge in [0.05, 0.1) is 0 Å².